The van der Waals surface area contributed by atoms with Crippen molar-refractivity contribution >= 4 is 29.7 Å². The summed E-state index contributed by atoms with van der Waals surface area (Å²) in [6.45, 7) is 2.81. The third kappa shape index (κ3) is 3.58. The molecular weight excluding hydrogens is 284 g/mol. The summed E-state index contributed by atoms with van der Waals surface area (Å²) in [6.07, 6.45) is 0.862. The smallest absolute Gasteiger partial charge is 0.270 e. The Morgan fingerprint density at radius 2 is 2.10 bits per heavy atom. The quantitative estimate of drug-likeness (QED) is 0.482. The molecular formula is C12H17ClN4O3. The van der Waals surface area contributed by atoms with E-state index in [1.807, 2.05) is 0 Å². The lowest BCUT2D eigenvalue weighted by molar-refractivity contribution is -0.384. The Kier molecular flexibility index (Phi) is 5.72. The first-order chi connectivity index (χ1) is 9.09. The number of nitro groups is 1. The van der Waals surface area contributed by atoms with E-state index in [1.165, 1.54) is 18.2 Å². The van der Waals surface area contributed by atoms with Crippen LogP contribution in [0.25, 0.3) is 0 Å². The summed E-state index contributed by atoms with van der Waals surface area (Å²) >= 11 is 0. The summed E-state index contributed by atoms with van der Waals surface area (Å²) in [6, 6.07) is 3.95. The lowest BCUT2D eigenvalue weighted by Crippen LogP contribution is -2.34. The lowest BCUT2D eigenvalue weighted by Gasteiger charge is -2.20. The summed E-state index contributed by atoms with van der Waals surface area (Å²) in [5.74, 6) is -0.245. The van der Waals surface area contributed by atoms with Crippen LogP contribution in [0, 0.1) is 10.1 Å². The van der Waals surface area contributed by atoms with E-state index in [1.54, 1.807) is 4.90 Å². The van der Waals surface area contributed by atoms with Gasteiger partial charge in [0.15, 0.2) is 0 Å². The first kappa shape index (κ1) is 16.2. The zero-order valence-electron chi connectivity index (χ0n) is 10.9. The Hall–Kier alpha value is -1.86. The number of carbonyl (C=O) groups excluding carboxylic acids is 1. The molecule has 0 radical (unpaired) electrons. The van der Waals surface area contributed by atoms with Crippen LogP contribution in [-0.4, -0.2) is 41.9 Å². The Morgan fingerprint density at radius 3 is 2.80 bits per heavy atom. The molecule has 0 spiro atoms. The third-order valence-electron chi connectivity index (χ3n) is 3.11. The standard InChI is InChI=1S/C12H16N4O3.ClH/c13-11-3-2-9(16(18)19)8-10(11)12(17)15-6-1-4-14-5-7-15;/h2-3,8,14H,1,4-7,13H2;1H. The predicted molar refractivity (Wildman–Crippen MR) is 78.1 cm³/mol. The average Bonchev–Trinajstić information content (AvgIpc) is 2.67. The van der Waals surface area contributed by atoms with Crippen LogP contribution >= 0.6 is 12.4 Å². The second-order valence-corrected chi connectivity index (χ2v) is 4.42. The summed E-state index contributed by atoms with van der Waals surface area (Å²) in [5, 5.41) is 13.9. The largest absolute Gasteiger partial charge is 0.398 e. The number of nitrogens with zero attached hydrogens (tertiary/aromatic N) is 2. The molecule has 3 N–H and O–H groups in total. The van der Waals surface area contributed by atoms with Crippen LogP contribution in [-0.2, 0) is 0 Å². The monoisotopic (exact) mass is 300 g/mol. The second-order valence-electron chi connectivity index (χ2n) is 4.42. The fourth-order valence-electron chi connectivity index (χ4n) is 2.06. The molecule has 110 valence electrons. The Bertz CT molecular complexity index is 501. The normalized spacial score (nSPS) is 15.1. The van der Waals surface area contributed by atoms with Crippen molar-refractivity contribution in [2.24, 2.45) is 0 Å². The first-order valence-corrected chi connectivity index (χ1v) is 6.13. The minimum Gasteiger partial charge on any atom is -0.398 e. The highest BCUT2D eigenvalue weighted by atomic mass is 35.5. The van der Waals surface area contributed by atoms with E-state index in [4.69, 9.17) is 5.73 Å². The fraction of sp³-hybridized carbons (Fsp3) is 0.417. The summed E-state index contributed by atoms with van der Waals surface area (Å²) in [7, 11) is 0. The predicted octanol–water partition coefficient (Wildman–Crippen LogP) is 1.03. The van der Waals surface area contributed by atoms with Gasteiger partial charge in [-0.25, -0.2) is 0 Å². The molecule has 1 aliphatic rings. The van der Waals surface area contributed by atoms with Crippen molar-refractivity contribution in [1.82, 2.24) is 10.2 Å². The summed E-state index contributed by atoms with van der Waals surface area (Å²) in [5.41, 5.74) is 6.11. The average molecular weight is 301 g/mol. The van der Waals surface area contributed by atoms with E-state index in [2.05, 4.69) is 5.32 Å². The Labute approximate surface area is 122 Å². The topological polar surface area (TPSA) is 101 Å². The van der Waals surface area contributed by atoms with Gasteiger partial charge in [-0.2, -0.15) is 0 Å². The first-order valence-electron chi connectivity index (χ1n) is 6.13. The van der Waals surface area contributed by atoms with Crippen LogP contribution in [0.4, 0.5) is 11.4 Å². The minimum absolute atomic E-state index is 0. The van der Waals surface area contributed by atoms with Crippen LogP contribution in [0.1, 0.15) is 16.8 Å². The highest BCUT2D eigenvalue weighted by Gasteiger charge is 2.21. The van der Waals surface area contributed by atoms with Gasteiger partial charge in [0.05, 0.1) is 10.5 Å². The summed E-state index contributed by atoms with van der Waals surface area (Å²) < 4.78 is 0. The number of benzene rings is 1. The van der Waals surface area contributed by atoms with Gasteiger partial charge in [0, 0.05) is 37.5 Å². The Balaban J connectivity index is 0.00000200. The van der Waals surface area contributed by atoms with Gasteiger partial charge < -0.3 is 16.0 Å². The maximum atomic E-state index is 12.3. The van der Waals surface area contributed by atoms with Gasteiger partial charge >= 0.3 is 0 Å². The number of halogens is 1. The molecule has 8 heteroatoms. The molecule has 0 aliphatic carbocycles. The fourth-order valence-corrected chi connectivity index (χ4v) is 2.06. The zero-order valence-corrected chi connectivity index (χ0v) is 11.7. The number of nitrogen functional groups attached to an aromatic ring is 1. The molecule has 1 saturated heterocycles. The van der Waals surface area contributed by atoms with E-state index >= 15 is 0 Å². The molecule has 0 aromatic heterocycles. The van der Waals surface area contributed by atoms with E-state index in [9.17, 15) is 14.9 Å². The Morgan fingerprint density at radius 1 is 1.35 bits per heavy atom. The van der Waals surface area contributed by atoms with Gasteiger partial charge in [-0.1, -0.05) is 0 Å². The van der Waals surface area contributed by atoms with Crippen LogP contribution < -0.4 is 11.1 Å². The molecule has 0 saturated carbocycles. The van der Waals surface area contributed by atoms with Crippen molar-refractivity contribution in [3.05, 3.63) is 33.9 Å². The number of nitrogens with two attached hydrogens (primary N) is 1. The molecule has 1 aliphatic heterocycles. The molecule has 1 fully saturated rings. The van der Waals surface area contributed by atoms with Crippen molar-refractivity contribution in [2.75, 3.05) is 31.9 Å². The maximum absolute atomic E-state index is 12.3. The minimum atomic E-state index is -0.528. The molecule has 1 amide bonds. The third-order valence-corrected chi connectivity index (χ3v) is 3.11. The number of hydrogen-bond acceptors (Lipinski definition) is 5. The zero-order chi connectivity index (χ0) is 13.8. The molecule has 1 aromatic rings. The number of nitrogens with one attached hydrogen (secondary N) is 1. The van der Waals surface area contributed by atoms with Crippen molar-refractivity contribution in [3.63, 3.8) is 0 Å². The summed E-state index contributed by atoms with van der Waals surface area (Å²) in [4.78, 5) is 24.2. The highest BCUT2D eigenvalue weighted by molar-refractivity contribution is 5.99. The number of anilines is 1. The molecule has 7 nitrogen and oxygen atoms in total. The van der Waals surface area contributed by atoms with Gasteiger partial charge in [-0.15, -0.1) is 12.4 Å². The molecule has 1 heterocycles. The van der Waals surface area contributed by atoms with Crippen LogP contribution in [0.5, 0.6) is 0 Å². The molecule has 0 unspecified atom stereocenters. The highest BCUT2D eigenvalue weighted by Crippen LogP contribution is 2.21. The molecule has 0 atom stereocenters. The van der Waals surface area contributed by atoms with Gasteiger partial charge in [-0.3, -0.25) is 14.9 Å². The van der Waals surface area contributed by atoms with Gasteiger partial charge in [0.1, 0.15) is 0 Å². The molecule has 20 heavy (non-hydrogen) atoms. The molecule has 2 rings (SSSR count). The van der Waals surface area contributed by atoms with Crippen molar-refractivity contribution in [1.29, 1.82) is 0 Å². The van der Waals surface area contributed by atoms with Crippen LogP contribution in [0.15, 0.2) is 18.2 Å². The number of non-ortho nitro benzene ring substituents is 1. The van der Waals surface area contributed by atoms with E-state index in [-0.39, 0.29) is 35.3 Å². The lowest BCUT2D eigenvalue weighted by atomic mass is 10.1. The van der Waals surface area contributed by atoms with Gasteiger partial charge in [0.25, 0.3) is 11.6 Å². The van der Waals surface area contributed by atoms with Crippen molar-refractivity contribution in [2.45, 2.75) is 6.42 Å². The molecule has 1 aromatic carbocycles. The number of hydrogen-bond donors (Lipinski definition) is 2. The number of nitro benzene ring substituents is 1. The van der Waals surface area contributed by atoms with E-state index in [0.29, 0.717) is 13.1 Å². The maximum Gasteiger partial charge on any atom is 0.270 e. The second kappa shape index (κ2) is 7.06. The van der Waals surface area contributed by atoms with E-state index in [0.717, 1.165) is 19.5 Å². The number of amides is 1. The van der Waals surface area contributed by atoms with Crippen molar-refractivity contribution in [3.8, 4) is 0 Å². The van der Waals surface area contributed by atoms with Crippen molar-refractivity contribution < 1.29 is 9.72 Å². The van der Waals surface area contributed by atoms with Crippen LogP contribution in [0.2, 0.25) is 0 Å². The van der Waals surface area contributed by atoms with E-state index < -0.39 is 4.92 Å². The number of carbonyl (C=O) groups is 1. The molecule has 0 bridgehead atoms. The van der Waals surface area contributed by atoms with Gasteiger partial charge in [-0.05, 0) is 19.0 Å². The van der Waals surface area contributed by atoms with Crippen LogP contribution in [0.3, 0.4) is 0 Å². The SMILES string of the molecule is Cl.Nc1ccc([N+](=O)[O-])cc1C(=O)N1CCCNCC1. The number of rotatable bonds is 2. The van der Waals surface area contributed by atoms with Gasteiger partial charge in [0.2, 0.25) is 0 Å².